The molecule has 1 atom stereocenters. The van der Waals surface area contributed by atoms with Gasteiger partial charge in [-0.25, -0.2) is 4.98 Å². The molecule has 0 saturated carbocycles. The minimum absolute atomic E-state index is 0.156. The number of nitrogen functional groups attached to an aromatic ring is 1. The fourth-order valence-electron chi connectivity index (χ4n) is 1.43. The Hall–Kier alpha value is -2.29. The van der Waals surface area contributed by atoms with Gasteiger partial charge in [-0.15, -0.1) is 0 Å². The molecule has 0 aliphatic carbocycles. The molecule has 19 heavy (non-hydrogen) atoms. The molecule has 1 amide bonds. The van der Waals surface area contributed by atoms with Crippen molar-refractivity contribution < 1.29 is 4.79 Å². The first-order valence-electron chi connectivity index (χ1n) is 5.97. The second-order valence-corrected chi connectivity index (χ2v) is 5.34. The standard InChI is InChI=1S/C13H19N5O/c1-8(12(19)18-13(2,3)4)17-11-10(15)9(7-14)5-6-16-11/h5-6,8H,15H2,1-4H3,(H,16,17)(H,18,19). The predicted octanol–water partition coefficient (Wildman–Crippen LogP) is 1.25. The highest BCUT2D eigenvalue weighted by molar-refractivity contribution is 5.85. The van der Waals surface area contributed by atoms with E-state index in [-0.39, 0.29) is 17.1 Å². The maximum absolute atomic E-state index is 11.9. The third kappa shape index (κ3) is 4.14. The van der Waals surface area contributed by atoms with Crippen molar-refractivity contribution >= 4 is 17.4 Å². The lowest BCUT2D eigenvalue weighted by Crippen LogP contribution is -2.47. The molecule has 6 nitrogen and oxygen atoms in total. The normalized spacial score (nSPS) is 12.4. The smallest absolute Gasteiger partial charge is 0.242 e. The van der Waals surface area contributed by atoms with Crippen LogP contribution in [0.5, 0.6) is 0 Å². The van der Waals surface area contributed by atoms with E-state index in [0.29, 0.717) is 11.4 Å². The van der Waals surface area contributed by atoms with Gasteiger partial charge in [0.15, 0.2) is 5.82 Å². The number of aromatic nitrogens is 1. The van der Waals surface area contributed by atoms with Crippen LogP contribution in [0.4, 0.5) is 11.5 Å². The van der Waals surface area contributed by atoms with Crippen molar-refractivity contribution in [3.63, 3.8) is 0 Å². The number of amides is 1. The Morgan fingerprint density at radius 1 is 1.53 bits per heavy atom. The van der Waals surface area contributed by atoms with E-state index in [2.05, 4.69) is 15.6 Å². The van der Waals surface area contributed by atoms with Crippen LogP contribution >= 0.6 is 0 Å². The van der Waals surface area contributed by atoms with E-state index in [1.807, 2.05) is 26.8 Å². The van der Waals surface area contributed by atoms with Crippen LogP contribution in [0.3, 0.4) is 0 Å². The number of pyridine rings is 1. The topological polar surface area (TPSA) is 104 Å². The Balaban J connectivity index is 2.81. The summed E-state index contributed by atoms with van der Waals surface area (Å²) in [4.78, 5) is 16.0. The van der Waals surface area contributed by atoms with E-state index in [0.717, 1.165) is 0 Å². The number of nitriles is 1. The molecule has 1 aromatic rings. The highest BCUT2D eigenvalue weighted by Crippen LogP contribution is 2.19. The summed E-state index contributed by atoms with van der Waals surface area (Å²) in [6.45, 7) is 7.42. The van der Waals surface area contributed by atoms with Crippen LogP contribution in [0, 0.1) is 11.3 Å². The van der Waals surface area contributed by atoms with Crippen molar-refractivity contribution in [1.82, 2.24) is 10.3 Å². The summed E-state index contributed by atoms with van der Waals surface area (Å²) in [6.07, 6.45) is 1.48. The molecule has 0 bridgehead atoms. The third-order valence-corrected chi connectivity index (χ3v) is 2.36. The second kappa shape index (κ2) is 5.57. The van der Waals surface area contributed by atoms with E-state index in [9.17, 15) is 4.79 Å². The first-order chi connectivity index (χ1) is 8.74. The summed E-state index contributed by atoms with van der Waals surface area (Å²) in [6, 6.07) is 3.00. The molecule has 0 radical (unpaired) electrons. The zero-order valence-electron chi connectivity index (χ0n) is 11.6. The fraction of sp³-hybridized carbons (Fsp3) is 0.462. The molecule has 0 aliphatic heterocycles. The van der Waals surface area contributed by atoms with Crippen molar-refractivity contribution in [3.8, 4) is 6.07 Å². The number of rotatable bonds is 3. The molecular weight excluding hydrogens is 242 g/mol. The third-order valence-electron chi connectivity index (χ3n) is 2.36. The number of anilines is 2. The quantitative estimate of drug-likeness (QED) is 0.759. The summed E-state index contributed by atoms with van der Waals surface area (Å²) in [5.41, 5.74) is 6.07. The van der Waals surface area contributed by atoms with Gasteiger partial charge in [-0.1, -0.05) is 0 Å². The summed E-state index contributed by atoms with van der Waals surface area (Å²) in [7, 11) is 0. The van der Waals surface area contributed by atoms with Gasteiger partial charge in [0.1, 0.15) is 12.1 Å². The SMILES string of the molecule is CC(Nc1nccc(C#N)c1N)C(=O)NC(C)(C)C. The predicted molar refractivity (Wildman–Crippen MR) is 74.3 cm³/mol. The minimum Gasteiger partial charge on any atom is -0.395 e. The Morgan fingerprint density at radius 3 is 2.68 bits per heavy atom. The number of nitrogens with two attached hydrogens (primary N) is 1. The minimum atomic E-state index is -0.497. The van der Waals surface area contributed by atoms with Gasteiger partial charge in [0, 0.05) is 11.7 Å². The summed E-state index contributed by atoms with van der Waals surface area (Å²) >= 11 is 0. The van der Waals surface area contributed by atoms with Gasteiger partial charge in [-0.05, 0) is 33.8 Å². The van der Waals surface area contributed by atoms with E-state index in [4.69, 9.17) is 11.0 Å². The van der Waals surface area contributed by atoms with Crippen molar-refractivity contribution in [2.45, 2.75) is 39.3 Å². The van der Waals surface area contributed by atoms with Gasteiger partial charge in [0.25, 0.3) is 0 Å². The highest BCUT2D eigenvalue weighted by atomic mass is 16.2. The lowest BCUT2D eigenvalue weighted by molar-refractivity contribution is -0.122. The van der Waals surface area contributed by atoms with Gasteiger partial charge < -0.3 is 16.4 Å². The van der Waals surface area contributed by atoms with Crippen molar-refractivity contribution in [1.29, 1.82) is 5.26 Å². The number of carbonyl (C=O) groups is 1. The average molecular weight is 261 g/mol. The van der Waals surface area contributed by atoms with Crippen LogP contribution in [-0.2, 0) is 4.79 Å². The van der Waals surface area contributed by atoms with Crippen LogP contribution in [0.25, 0.3) is 0 Å². The zero-order chi connectivity index (χ0) is 14.6. The second-order valence-electron chi connectivity index (χ2n) is 5.34. The van der Waals surface area contributed by atoms with Gasteiger partial charge in [-0.2, -0.15) is 5.26 Å². The largest absolute Gasteiger partial charge is 0.395 e. The van der Waals surface area contributed by atoms with Crippen molar-refractivity contribution in [2.24, 2.45) is 0 Å². The number of nitrogens with one attached hydrogen (secondary N) is 2. The summed E-state index contributed by atoms with van der Waals surface area (Å²) in [5.74, 6) is 0.187. The molecule has 1 rings (SSSR count). The number of nitrogens with zero attached hydrogens (tertiary/aromatic N) is 2. The highest BCUT2D eigenvalue weighted by Gasteiger charge is 2.20. The van der Waals surface area contributed by atoms with Crippen molar-refractivity contribution in [3.05, 3.63) is 17.8 Å². The fourth-order valence-corrected chi connectivity index (χ4v) is 1.43. The Kier molecular flexibility index (Phi) is 4.33. The summed E-state index contributed by atoms with van der Waals surface area (Å²) in [5, 5.41) is 14.6. The molecule has 0 fully saturated rings. The lowest BCUT2D eigenvalue weighted by atomic mass is 10.1. The molecule has 0 spiro atoms. The summed E-state index contributed by atoms with van der Waals surface area (Å²) < 4.78 is 0. The number of carbonyl (C=O) groups excluding carboxylic acids is 1. The lowest BCUT2D eigenvalue weighted by Gasteiger charge is -2.24. The zero-order valence-corrected chi connectivity index (χ0v) is 11.6. The van der Waals surface area contributed by atoms with E-state index >= 15 is 0 Å². The molecule has 1 unspecified atom stereocenters. The molecule has 0 aliphatic rings. The molecule has 4 N–H and O–H groups in total. The molecule has 1 aromatic heterocycles. The molecule has 0 saturated heterocycles. The van der Waals surface area contributed by atoms with Gasteiger partial charge in [0.05, 0.1) is 11.3 Å². The van der Waals surface area contributed by atoms with E-state index in [1.165, 1.54) is 12.3 Å². The average Bonchev–Trinajstić information content (AvgIpc) is 2.29. The van der Waals surface area contributed by atoms with Gasteiger partial charge in [0.2, 0.25) is 5.91 Å². The molecule has 0 aromatic carbocycles. The van der Waals surface area contributed by atoms with Crippen LogP contribution in [0.2, 0.25) is 0 Å². The van der Waals surface area contributed by atoms with E-state index in [1.54, 1.807) is 6.92 Å². The first kappa shape index (κ1) is 14.8. The Morgan fingerprint density at radius 2 is 2.16 bits per heavy atom. The Bertz CT molecular complexity index is 513. The Labute approximate surface area is 113 Å². The number of hydrogen-bond donors (Lipinski definition) is 3. The molecule has 102 valence electrons. The number of hydrogen-bond acceptors (Lipinski definition) is 5. The monoisotopic (exact) mass is 261 g/mol. The molecular formula is C13H19N5O. The van der Waals surface area contributed by atoms with Crippen molar-refractivity contribution in [2.75, 3.05) is 11.1 Å². The maximum Gasteiger partial charge on any atom is 0.242 e. The van der Waals surface area contributed by atoms with Gasteiger partial charge in [-0.3, -0.25) is 4.79 Å². The van der Waals surface area contributed by atoms with Crippen LogP contribution in [0.15, 0.2) is 12.3 Å². The molecule has 1 heterocycles. The van der Waals surface area contributed by atoms with E-state index < -0.39 is 6.04 Å². The molecule has 6 heteroatoms. The maximum atomic E-state index is 11.9. The van der Waals surface area contributed by atoms with Gasteiger partial charge >= 0.3 is 0 Å². The first-order valence-corrected chi connectivity index (χ1v) is 5.97. The van der Waals surface area contributed by atoms with Crippen LogP contribution in [0.1, 0.15) is 33.3 Å². The van der Waals surface area contributed by atoms with Crippen LogP contribution < -0.4 is 16.4 Å². The van der Waals surface area contributed by atoms with Crippen LogP contribution in [-0.4, -0.2) is 22.5 Å².